The van der Waals surface area contributed by atoms with E-state index in [2.05, 4.69) is 24.1 Å². The fourth-order valence-electron chi connectivity index (χ4n) is 2.67. The number of carbonyl (C=O) groups excluding carboxylic acids is 2. The Hall–Kier alpha value is -2.09. The van der Waals surface area contributed by atoms with Crippen molar-refractivity contribution < 1.29 is 9.59 Å². The van der Waals surface area contributed by atoms with Crippen LogP contribution in [0.5, 0.6) is 0 Å². The van der Waals surface area contributed by atoms with Crippen LogP contribution in [-0.2, 0) is 0 Å². The van der Waals surface area contributed by atoms with E-state index < -0.39 is 6.03 Å². The van der Waals surface area contributed by atoms with Gasteiger partial charge in [0.05, 0.1) is 0 Å². The summed E-state index contributed by atoms with van der Waals surface area (Å²) in [4.78, 5) is 27.9. The summed E-state index contributed by atoms with van der Waals surface area (Å²) < 4.78 is 1.05. The summed E-state index contributed by atoms with van der Waals surface area (Å²) in [5.41, 5.74) is 6.10. The molecule has 2 amide bonds. The third-order valence-electron chi connectivity index (χ3n) is 3.83. The zero-order valence-corrected chi connectivity index (χ0v) is 12.6. The zero-order chi connectivity index (χ0) is 15.8. The molecule has 8 nitrogen and oxygen atoms in total. The van der Waals surface area contributed by atoms with Crippen molar-refractivity contribution in [3.63, 3.8) is 0 Å². The van der Waals surface area contributed by atoms with Crippen molar-refractivity contribution >= 4 is 17.8 Å². The highest BCUT2D eigenvalue weighted by atomic mass is 16.2. The number of anilines is 1. The van der Waals surface area contributed by atoms with Gasteiger partial charge in [0.15, 0.2) is 5.69 Å². The summed E-state index contributed by atoms with van der Waals surface area (Å²) >= 11 is 0. The Morgan fingerprint density at radius 2 is 2.19 bits per heavy atom. The summed E-state index contributed by atoms with van der Waals surface area (Å²) in [7, 11) is 1.39. The van der Waals surface area contributed by atoms with Crippen LogP contribution in [0.15, 0.2) is 6.33 Å². The van der Waals surface area contributed by atoms with Gasteiger partial charge < -0.3 is 11.1 Å². The average molecular weight is 294 g/mol. The van der Waals surface area contributed by atoms with Gasteiger partial charge in [0.2, 0.25) is 0 Å². The smallest absolute Gasteiger partial charge is 0.344 e. The first kappa shape index (κ1) is 15.3. The highest BCUT2D eigenvalue weighted by Crippen LogP contribution is 2.37. The summed E-state index contributed by atoms with van der Waals surface area (Å²) in [6.07, 6.45) is 4.13. The van der Waals surface area contributed by atoms with E-state index in [9.17, 15) is 9.59 Å². The van der Waals surface area contributed by atoms with Gasteiger partial charge in [0.25, 0.3) is 5.91 Å². The van der Waals surface area contributed by atoms with Crippen molar-refractivity contribution in [3.8, 4) is 0 Å². The second-order valence-electron chi connectivity index (χ2n) is 6.32. The minimum Gasteiger partial charge on any atom is -0.383 e. The molecule has 116 valence electrons. The van der Waals surface area contributed by atoms with Gasteiger partial charge in [-0.05, 0) is 24.7 Å². The first-order valence-electron chi connectivity index (χ1n) is 6.88. The van der Waals surface area contributed by atoms with Gasteiger partial charge in [-0.2, -0.15) is 0 Å². The van der Waals surface area contributed by atoms with E-state index in [-0.39, 0.29) is 28.9 Å². The fraction of sp³-hybridized carbons (Fsp3) is 0.615. The number of nitrogens with zero attached hydrogens (tertiary/aromatic N) is 3. The summed E-state index contributed by atoms with van der Waals surface area (Å²) in [5, 5.41) is 3.80. The number of imidazole rings is 1. The van der Waals surface area contributed by atoms with Gasteiger partial charge in [0.1, 0.15) is 12.1 Å². The number of nitrogens with one attached hydrogen (secondary N) is 1. The molecule has 5 N–H and O–H groups in total. The molecule has 1 aliphatic rings. The van der Waals surface area contributed by atoms with Crippen LogP contribution in [0.3, 0.4) is 0 Å². The van der Waals surface area contributed by atoms with E-state index in [1.165, 1.54) is 13.4 Å². The van der Waals surface area contributed by atoms with Crippen LogP contribution >= 0.6 is 0 Å². The number of nitrogen functional groups attached to an aromatic ring is 1. The van der Waals surface area contributed by atoms with Crippen molar-refractivity contribution in [1.82, 2.24) is 19.9 Å². The van der Waals surface area contributed by atoms with Crippen molar-refractivity contribution in [1.29, 1.82) is 0 Å². The largest absolute Gasteiger partial charge is 0.383 e. The molecule has 0 aromatic carbocycles. The maximum Gasteiger partial charge on any atom is 0.344 e. The van der Waals surface area contributed by atoms with Crippen LogP contribution in [0.1, 0.15) is 43.6 Å². The van der Waals surface area contributed by atoms with Crippen molar-refractivity contribution in [3.05, 3.63) is 12.0 Å². The quantitative estimate of drug-likeness (QED) is 0.418. The Labute approximate surface area is 123 Å². The molecule has 1 aliphatic carbocycles. The standard InChI is InChI=1S/C13H22N6O2/c1-13(2)5-4-8(6-13)17-11(20)9-10(14)19(7-16-9)12(21)18(3)15/h7-8H,4-6,14-15H2,1-3H3,(H,17,20). The van der Waals surface area contributed by atoms with Crippen LogP contribution in [-0.4, -0.2) is 39.6 Å². The van der Waals surface area contributed by atoms with E-state index in [4.69, 9.17) is 11.6 Å². The Morgan fingerprint density at radius 3 is 2.71 bits per heavy atom. The Kier molecular flexibility index (Phi) is 3.91. The first-order valence-corrected chi connectivity index (χ1v) is 6.88. The second-order valence-corrected chi connectivity index (χ2v) is 6.32. The lowest BCUT2D eigenvalue weighted by Crippen LogP contribution is -2.37. The molecule has 1 heterocycles. The van der Waals surface area contributed by atoms with Gasteiger partial charge in [-0.3, -0.25) is 9.80 Å². The maximum absolute atomic E-state index is 12.2. The SMILES string of the molecule is CN(N)C(=O)n1cnc(C(=O)NC2CCC(C)(C)C2)c1N. The lowest BCUT2D eigenvalue weighted by atomic mass is 9.92. The Bertz CT molecular complexity index is 563. The third-order valence-corrected chi connectivity index (χ3v) is 3.83. The summed E-state index contributed by atoms with van der Waals surface area (Å²) in [5.74, 6) is 5.00. The highest BCUT2D eigenvalue weighted by Gasteiger charge is 2.32. The average Bonchev–Trinajstić information content (AvgIpc) is 2.91. The van der Waals surface area contributed by atoms with Gasteiger partial charge in [-0.1, -0.05) is 13.8 Å². The number of carbonyl (C=O) groups is 2. The molecule has 0 aliphatic heterocycles. The maximum atomic E-state index is 12.2. The van der Waals surface area contributed by atoms with Crippen LogP contribution in [0.25, 0.3) is 0 Å². The number of aromatic nitrogens is 2. The molecule has 8 heteroatoms. The summed E-state index contributed by atoms with van der Waals surface area (Å²) in [6, 6.07) is -0.439. The molecule has 1 unspecified atom stereocenters. The molecule has 1 aromatic rings. The van der Waals surface area contributed by atoms with E-state index in [1.807, 2.05) is 0 Å². The summed E-state index contributed by atoms with van der Waals surface area (Å²) in [6.45, 7) is 4.36. The lowest BCUT2D eigenvalue weighted by molar-refractivity contribution is 0.0932. The van der Waals surface area contributed by atoms with E-state index in [0.29, 0.717) is 0 Å². The van der Waals surface area contributed by atoms with E-state index in [1.54, 1.807) is 0 Å². The predicted octanol–water partition coefficient (Wildman–Crippen LogP) is 0.547. The fourth-order valence-corrected chi connectivity index (χ4v) is 2.67. The second kappa shape index (κ2) is 5.36. The zero-order valence-electron chi connectivity index (χ0n) is 12.6. The number of rotatable bonds is 2. The molecule has 1 fully saturated rings. The van der Waals surface area contributed by atoms with Crippen LogP contribution in [0, 0.1) is 5.41 Å². The number of hydrazine groups is 1. The molecule has 21 heavy (non-hydrogen) atoms. The van der Waals surface area contributed by atoms with Crippen molar-refractivity contribution in [2.45, 2.75) is 39.2 Å². The van der Waals surface area contributed by atoms with Gasteiger partial charge >= 0.3 is 6.03 Å². The Balaban J connectivity index is 2.09. The van der Waals surface area contributed by atoms with E-state index in [0.717, 1.165) is 28.8 Å². The molecule has 1 aromatic heterocycles. The van der Waals surface area contributed by atoms with Gasteiger partial charge in [0, 0.05) is 13.1 Å². The predicted molar refractivity (Wildman–Crippen MR) is 78.3 cm³/mol. The van der Waals surface area contributed by atoms with Crippen LogP contribution in [0.2, 0.25) is 0 Å². The van der Waals surface area contributed by atoms with Crippen LogP contribution in [0.4, 0.5) is 10.6 Å². The van der Waals surface area contributed by atoms with Gasteiger partial charge in [-0.15, -0.1) is 0 Å². The third kappa shape index (κ3) is 3.15. The topological polar surface area (TPSA) is 119 Å². The molecular formula is C13H22N6O2. The normalized spacial score (nSPS) is 20.3. The molecule has 0 radical (unpaired) electrons. The number of nitrogens with two attached hydrogens (primary N) is 2. The number of amides is 2. The molecule has 0 bridgehead atoms. The monoisotopic (exact) mass is 294 g/mol. The molecule has 0 spiro atoms. The molecule has 1 saturated carbocycles. The van der Waals surface area contributed by atoms with Gasteiger partial charge in [-0.25, -0.2) is 20.2 Å². The van der Waals surface area contributed by atoms with E-state index >= 15 is 0 Å². The highest BCUT2D eigenvalue weighted by molar-refractivity contribution is 5.98. The number of hydrogen-bond donors (Lipinski definition) is 3. The Morgan fingerprint density at radius 1 is 1.52 bits per heavy atom. The minimum atomic E-state index is -0.555. The van der Waals surface area contributed by atoms with Crippen molar-refractivity contribution in [2.24, 2.45) is 11.3 Å². The van der Waals surface area contributed by atoms with Crippen molar-refractivity contribution in [2.75, 3.05) is 12.8 Å². The minimum absolute atomic E-state index is 0.00735. The molecule has 2 rings (SSSR count). The lowest BCUT2D eigenvalue weighted by Gasteiger charge is -2.17. The first-order chi connectivity index (χ1) is 9.71. The molecular weight excluding hydrogens is 272 g/mol. The molecule has 0 saturated heterocycles. The molecule has 1 atom stereocenters. The van der Waals surface area contributed by atoms with Crippen LogP contribution < -0.4 is 16.9 Å². The number of hydrogen-bond acceptors (Lipinski definition) is 5.